The molecule has 1 aromatic carbocycles. The van der Waals surface area contributed by atoms with E-state index in [1.54, 1.807) is 19.1 Å². The van der Waals surface area contributed by atoms with Crippen LogP contribution < -0.4 is 0 Å². The number of hydrogen-bond donors (Lipinski definition) is 1. The first kappa shape index (κ1) is 15.5. The van der Waals surface area contributed by atoms with Gasteiger partial charge in [-0.25, -0.2) is 4.79 Å². The van der Waals surface area contributed by atoms with E-state index in [0.717, 1.165) is 5.56 Å². The summed E-state index contributed by atoms with van der Waals surface area (Å²) in [5.74, 6) is -0.914. The zero-order valence-corrected chi connectivity index (χ0v) is 13.4. The van der Waals surface area contributed by atoms with E-state index >= 15 is 0 Å². The van der Waals surface area contributed by atoms with Crippen molar-refractivity contribution in [3.8, 4) is 0 Å². The number of rotatable bonds is 4. The SMILES string of the molecule is Cc1c(N=Cc2ccn(C3CCCCC3)c2)cccc1C(=O)O. The predicted molar refractivity (Wildman–Crippen MR) is 91.9 cm³/mol. The van der Waals surface area contributed by atoms with Gasteiger partial charge in [0.15, 0.2) is 0 Å². The average molecular weight is 310 g/mol. The topological polar surface area (TPSA) is 54.6 Å². The first-order valence-corrected chi connectivity index (χ1v) is 8.19. The minimum atomic E-state index is -0.914. The lowest BCUT2D eigenvalue weighted by Gasteiger charge is -2.23. The van der Waals surface area contributed by atoms with Crippen LogP contribution in [0.4, 0.5) is 5.69 Å². The van der Waals surface area contributed by atoms with E-state index in [9.17, 15) is 4.79 Å². The molecule has 1 heterocycles. The Morgan fingerprint density at radius 2 is 2.04 bits per heavy atom. The molecule has 1 aromatic heterocycles. The molecule has 1 saturated carbocycles. The van der Waals surface area contributed by atoms with Crippen molar-refractivity contribution in [1.82, 2.24) is 4.57 Å². The number of aromatic carboxylic acids is 1. The summed E-state index contributed by atoms with van der Waals surface area (Å²) in [6.07, 6.45) is 12.6. The fourth-order valence-corrected chi connectivity index (χ4v) is 3.25. The number of nitrogens with zero attached hydrogens (tertiary/aromatic N) is 2. The molecule has 1 aliphatic rings. The normalized spacial score (nSPS) is 16.0. The number of carboxylic acid groups (broad SMARTS) is 1. The Bertz CT molecular complexity index is 725. The van der Waals surface area contributed by atoms with Crippen molar-refractivity contribution in [2.75, 3.05) is 0 Å². The van der Waals surface area contributed by atoms with Crippen molar-refractivity contribution in [3.05, 3.63) is 53.3 Å². The van der Waals surface area contributed by atoms with E-state index in [1.165, 1.54) is 32.1 Å². The van der Waals surface area contributed by atoms with Gasteiger partial charge in [-0.15, -0.1) is 0 Å². The highest BCUT2D eigenvalue weighted by atomic mass is 16.4. The van der Waals surface area contributed by atoms with Gasteiger partial charge in [0, 0.05) is 30.2 Å². The van der Waals surface area contributed by atoms with E-state index in [1.807, 2.05) is 12.3 Å². The number of benzene rings is 1. The Hall–Kier alpha value is -2.36. The molecule has 4 nitrogen and oxygen atoms in total. The molecule has 0 radical (unpaired) electrons. The first-order valence-electron chi connectivity index (χ1n) is 8.19. The molecule has 0 bridgehead atoms. The average Bonchev–Trinajstić information content (AvgIpc) is 3.03. The maximum atomic E-state index is 11.2. The van der Waals surface area contributed by atoms with E-state index in [0.29, 0.717) is 22.9 Å². The summed E-state index contributed by atoms with van der Waals surface area (Å²) in [6.45, 7) is 1.79. The lowest BCUT2D eigenvalue weighted by Crippen LogP contribution is -2.10. The van der Waals surface area contributed by atoms with Crippen LogP contribution in [0.1, 0.15) is 59.6 Å². The Morgan fingerprint density at radius 1 is 1.26 bits per heavy atom. The van der Waals surface area contributed by atoms with Crippen LogP contribution in [0.2, 0.25) is 0 Å². The highest BCUT2D eigenvalue weighted by Gasteiger charge is 2.14. The number of hydrogen-bond acceptors (Lipinski definition) is 2. The van der Waals surface area contributed by atoms with Gasteiger partial charge in [0.05, 0.1) is 11.3 Å². The third-order valence-corrected chi connectivity index (χ3v) is 4.62. The highest BCUT2D eigenvalue weighted by molar-refractivity contribution is 5.91. The fraction of sp³-hybridized carbons (Fsp3) is 0.368. The quantitative estimate of drug-likeness (QED) is 0.828. The molecule has 4 heteroatoms. The standard InChI is InChI=1S/C19H22N2O2/c1-14-17(19(22)23)8-5-9-18(14)20-12-15-10-11-21(13-15)16-6-3-2-4-7-16/h5,8-13,16H,2-4,6-7H2,1H3,(H,22,23). The maximum absolute atomic E-state index is 11.2. The Balaban J connectivity index is 1.77. The van der Waals surface area contributed by atoms with Gasteiger partial charge in [0.2, 0.25) is 0 Å². The van der Waals surface area contributed by atoms with E-state index in [-0.39, 0.29) is 0 Å². The summed E-state index contributed by atoms with van der Waals surface area (Å²) in [7, 11) is 0. The van der Waals surface area contributed by atoms with Crippen LogP contribution in [0.3, 0.4) is 0 Å². The number of carbonyl (C=O) groups is 1. The van der Waals surface area contributed by atoms with Gasteiger partial charge in [-0.05, 0) is 43.5 Å². The predicted octanol–water partition coefficient (Wildman–Crippen LogP) is 4.75. The summed E-state index contributed by atoms with van der Waals surface area (Å²) >= 11 is 0. The fourth-order valence-electron chi connectivity index (χ4n) is 3.25. The molecule has 23 heavy (non-hydrogen) atoms. The summed E-state index contributed by atoms with van der Waals surface area (Å²) in [4.78, 5) is 15.6. The molecular formula is C19H22N2O2. The Kier molecular flexibility index (Phi) is 4.60. The van der Waals surface area contributed by atoms with Crippen molar-refractivity contribution in [2.24, 2.45) is 4.99 Å². The molecule has 1 N–H and O–H groups in total. The van der Waals surface area contributed by atoms with E-state index < -0.39 is 5.97 Å². The molecule has 1 aliphatic carbocycles. The van der Waals surface area contributed by atoms with Crippen LogP contribution >= 0.6 is 0 Å². The van der Waals surface area contributed by atoms with Crippen LogP contribution in [-0.2, 0) is 0 Å². The molecule has 0 spiro atoms. The number of aromatic nitrogens is 1. The molecule has 0 saturated heterocycles. The summed E-state index contributed by atoms with van der Waals surface area (Å²) in [5.41, 5.74) is 2.76. The van der Waals surface area contributed by atoms with Crippen LogP contribution in [0.15, 0.2) is 41.7 Å². The van der Waals surface area contributed by atoms with Crippen LogP contribution in [-0.4, -0.2) is 21.9 Å². The number of aliphatic imine (C=N–C) groups is 1. The van der Waals surface area contributed by atoms with Gasteiger partial charge < -0.3 is 9.67 Å². The van der Waals surface area contributed by atoms with Gasteiger partial charge in [-0.1, -0.05) is 25.3 Å². The van der Waals surface area contributed by atoms with Crippen LogP contribution in [0.5, 0.6) is 0 Å². The molecule has 0 unspecified atom stereocenters. The smallest absolute Gasteiger partial charge is 0.336 e. The monoisotopic (exact) mass is 310 g/mol. The lowest BCUT2D eigenvalue weighted by molar-refractivity contribution is 0.0696. The van der Waals surface area contributed by atoms with Crippen molar-refractivity contribution in [3.63, 3.8) is 0 Å². The third-order valence-electron chi connectivity index (χ3n) is 4.62. The summed E-state index contributed by atoms with van der Waals surface area (Å²) in [6, 6.07) is 7.86. The summed E-state index contributed by atoms with van der Waals surface area (Å²) in [5, 5.41) is 9.17. The first-order chi connectivity index (χ1) is 11.1. The Morgan fingerprint density at radius 3 is 2.78 bits per heavy atom. The zero-order chi connectivity index (χ0) is 16.2. The zero-order valence-electron chi connectivity index (χ0n) is 13.4. The van der Waals surface area contributed by atoms with Crippen molar-refractivity contribution >= 4 is 17.9 Å². The number of carboxylic acids is 1. The van der Waals surface area contributed by atoms with Crippen molar-refractivity contribution < 1.29 is 9.90 Å². The van der Waals surface area contributed by atoms with E-state index in [2.05, 4.69) is 28.0 Å². The largest absolute Gasteiger partial charge is 0.478 e. The van der Waals surface area contributed by atoms with Gasteiger partial charge in [-0.2, -0.15) is 0 Å². The highest BCUT2D eigenvalue weighted by Crippen LogP contribution is 2.28. The second-order valence-electron chi connectivity index (χ2n) is 6.20. The molecule has 120 valence electrons. The summed E-state index contributed by atoms with van der Waals surface area (Å²) < 4.78 is 2.29. The molecule has 0 atom stereocenters. The lowest BCUT2D eigenvalue weighted by atomic mass is 9.95. The second kappa shape index (κ2) is 6.82. The molecule has 2 aromatic rings. The van der Waals surface area contributed by atoms with Gasteiger partial charge in [0.1, 0.15) is 0 Å². The van der Waals surface area contributed by atoms with Crippen LogP contribution in [0, 0.1) is 6.92 Å². The minimum absolute atomic E-state index is 0.305. The Labute approximate surface area is 136 Å². The van der Waals surface area contributed by atoms with Gasteiger partial charge >= 0.3 is 5.97 Å². The van der Waals surface area contributed by atoms with Gasteiger partial charge in [-0.3, -0.25) is 4.99 Å². The molecule has 0 aliphatic heterocycles. The minimum Gasteiger partial charge on any atom is -0.478 e. The van der Waals surface area contributed by atoms with Crippen molar-refractivity contribution in [1.29, 1.82) is 0 Å². The molecule has 1 fully saturated rings. The van der Waals surface area contributed by atoms with Gasteiger partial charge in [0.25, 0.3) is 0 Å². The second-order valence-corrected chi connectivity index (χ2v) is 6.20. The van der Waals surface area contributed by atoms with Crippen molar-refractivity contribution in [2.45, 2.75) is 45.1 Å². The third kappa shape index (κ3) is 3.52. The molecular weight excluding hydrogens is 288 g/mol. The maximum Gasteiger partial charge on any atom is 0.336 e. The van der Waals surface area contributed by atoms with E-state index in [4.69, 9.17) is 5.11 Å². The van der Waals surface area contributed by atoms with Crippen LogP contribution in [0.25, 0.3) is 0 Å². The molecule has 3 rings (SSSR count). The molecule has 0 amide bonds.